The van der Waals surface area contributed by atoms with E-state index in [4.69, 9.17) is 0 Å². The van der Waals surface area contributed by atoms with Crippen LogP contribution in [0.3, 0.4) is 0 Å². The number of amides is 2. The van der Waals surface area contributed by atoms with Crippen LogP contribution in [0, 0.1) is 23.2 Å². The molecule has 2 bridgehead atoms. The molecule has 2 amide bonds. The summed E-state index contributed by atoms with van der Waals surface area (Å²) in [5, 5.41) is 9.27. The van der Waals surface area contributed by atoms with Gasteiger partial charge in [-0.3, -0.25) is 9.59 Å². The van der Waals surface area contributed by atoms with Crippen LogP contribution in [0.4, 0.5) is 5.82 Å². The van der Waals surface area contributed by atoms with Crippen LogP contribution in [0.5, 0.6) is 0 Å². The van der Waals surface area contributed by atoms with Crippen molar-refractivity contribution in [3.63, 3.8) is 0 Å². The first-order chi connectivity index (χ1) is 14.7. The van der Waals surface area contributed by atoms with Crippen molar-refractivity contribution in [1.82, 2.24) is 14.8 Å². The highest BCUT2D eigenvalue weighted by Gasteiger charge is 2.52. The van der Waals surface area contributed by atoms with Crippen LogP contribution in [-0.4, -0.2) is 76.4 Å². The maximum atomic E-state index is 13.6. The third kappa shape index (κ3) is 3.43. The van der Waals surface area contributed by atoms with E-state index >= 15 is 0 Å². The zero-order chi connectivity index (χ0) is 20.7. The number of anilines is 1. The molecule has 5 rings (SSSR count). The summed E-state index contributed by atoms with van der Waals surface area (Å²) in [6.45, 7) is 3.08. The van der Waals surface area contributed by atoms with Crippen molar-refractivity contribution < 1.29 is 9.59 Å². The second-order valence-electron chi connectivity index (χ2n) is 8.82. The molecule has 7 nitrogen and oxygen atoms in total. The Morgan fingerprint density at radius 2 is 2.03 bits per heavy atom. The zero-order valence-corrected chi connectivity index (χ0v) is 17.9. The number of pyridine rings is 1. The van der Waals surface area contributed by atoms with Gasteiger partial charge in [0.05, 0.1) is 11.6 Å². The van der Waals surface area contributed by atoms with Gasteiger partial charge in [0.1, 0.15) is 11.9 Å². The minimum Gasteiger partial charge on any atom is -0.356 e. The highest BCUT2D eigenvalue weighted by atomic mass is 32.2. The quantitative estimate of drug-likeness (QED) is 0.718. The third-order valence-electron chi connectivity index (χ3n) is 7.12. The van der Waals surface area contributed by atoms with Gasteiger partial charge in [-0.25, -0.2) is 4.98 Å². The number of fused-ring (bicyclic) bond motifs is 4. The molecule has 0 spiro atoms. The molecule has 0 saturated carbocycles. The smallest absolute Gasteiger partial charge is 0.245 e. The minimum atomic E-state index is -0.357. The van der Waals surface area contributed by atoms with Crippen LogP contribution in [0.2, 0.25) is 0 Å². The molecule has 4 aliphatic rings. The Kier molecular flexibility index (Phi) is 5.32. The van der Waals surface area contributed by atoms with E-state index in [2.05, 4.69) is 16.0 Å². The van der Waals surface area contributed by atoms with Crippen molar-refractivity contribution >= 4 is 29.4 Å². The Bertz CT molecular complexity index is 881. The SMILES string of the molecule is N#Cc1ccnc(N2C[C@H]3C[C@@H](C2)[C@H](C(=O)N2CCSCC2)N2C(=O)CCC[C@@H]32)c1. The molecule has 5 heterocycles. The number of nitriles is 1. The molecule has 0 N–H and O–H groups in total. The summed E-state index contributed by atoms with van der Waals surface area (Å²) in [4.78, 5) is 37.3. The summed E-state index contributed by atoms with van der Waals surface area (Å²) in [7, 11) is 0. The second-order valence-corrected chi connectivity index (χ2v) is 10.0. The number of rotatable bonds is 2. The van der Waals surface area contributed by atoms with Gasteiger partial charge >= 0.3 is 0 Å². The summed E-state index contributed by atoms with van der Waals surface area (Å²) in [6.07, 6.45) is 5.11. The standard InChI is InChI=1S/C22H27N5O2S/c23-12-15-4-5-24-19(10-15)26-13-16-11-17(14-26)21(22(29)25-6-8-30-9-7-25)27-18(16)2-1-3-20(27)28/h4-5,10,16-18,21H,1-3,6-9,11,13-14H2/t16-,17+,18+,21-/m1/s1. The van der Waals surface area contributed by atoms with Crippen LogP contribution in [-0.2, 0) is 9.59 Å². The van der Waals surface area contributed by atoms with Crippen molar-refractivity contribution in [2.75, 3.05) is 42.6 Å². The Hall–Kier alpha value is -2.27. The van der Waals surface area contributed by atoms with E-state index in [1.54, 1.807) is 12.3 Å². The van der Waals surface area contributed by atoms with Crippen molar-refractivity contribution in [3.05, 3.63) is 23.9 Å². The van der Waals surface area contributed by atoms with Crippen molar-refractivity contribution in [1.29, 1.82) is 5.26 Å². The predicted octanol–water partition coefficient (Wildman–Crippen LogP) is 1.73. The number of carbonyl (C=O) groups excluding carboxylic acids is 2. The third-order valence-corrected chi connectivity index (χ3v) is 8.06. The van der Waals surface area contributed by atoms with Gasteiger partial charge in [0.25, 0.3) is 0 Å². The van der Waals surface area contributed by atoms with Crippen molar-refractivity contribution in [2.45, 2.75) is 37.8 Å². The van der Waals surface area contributed by atoms with E-state index in [9.17, 15) is 14.9 Å². The molecule has 0 unspecified atom stereocenters. The van der Waals surface area contributed by atoms with Gasteiger partial charge in [0.15, 0.2) is 0 Å². The molecule has 0 radical (unpaired) electrons. The highest BCUT2D eigenvalue weighted by Crippen LogP contribution is 2.43. The first kappa shape index (κ1) is 19.7. The van der Waals surface area contributed by atoms with Crippen LogP contribution >= 0.6 is 11.8 Å². The highest BCUT2D eigenvalue weighted by molar-refractivity contribution is 7.99. The second kappa shape index (κ2) is 8.10. The van der Waals surface area contributed by atoms with Gasteiger partial charge in [-0.05, 0) is 37.3 Å². The molecule has 4 aliphatic heterocycles. The largest absolute Gasteiger partial charge is 0.356 e. The minimum absolute atomic E-state index is 0.108. The van der Waals surface area contributed by atoms with Gasteiger partial charge in [-0.2, -0.15) is 17.0 Å². The lowest BCUT2D eigenvalue weighted by Gasteiger charge is -2.56. The van der Waals surface area contributed by atoms with E-state index in [1.165, 1.54) is 0 Å². The number of hydrogen-bond acceptors (Lipinski definition) is 6. The Morgan fingerprint density at radius 3 is 2.83 bits per heavy atom. The molecule has 0 aromatic carbocycles. The summed E-state index contributed by atoms with van der Waals surface area (Å²) < 4.78 is 0. The fraction of sp³-hybridized carbons (Fsp3) is 0.636. The van der Waals surface area contributed by atoms with E-state index < -0.39 is 0 Å². The van der Waals surface area contributed by atoms with E-state index in [1.807, 2.05) is 27.6 Å². The summed E-state index contributed by atoms with van der Waals surface area (Å²) in [5.41, 5.74) is 0.601. The lowest BCUT2D eigenvalue weighted by Crippen LogP contribution is -2.69. The van der Waals surface area contributed by atoms with Crippen molar-refractivity contribution in [3.8, 4) is 6.07 Å². The van der Waals surface area contributed by atoms with Gasteiger partial charge in [0, 0.05) is 62.3 Å². The molecule has 4 saturated heterocycles. The fourth-order valence-electron chi connectivity index (χ4n) is 5.79. The molecule has 4 fully saturated rings. The molecular formula is C22H27N5O2S. The Labute approximate surface area is 181 Å². The number of piperidine rings is 3. The van der Waals surface area contributed by atoms with Crippen LogP contribution < -0.4 is 4.90 Å². The molecule has 1 aromatic rings. The predicted molar refractivity (Wildman–Crippen MR) is 115 cm³/mol. The maximum absolute atomic E-state index is 13.6. The van der Waals surface area contributed by atoms with Crippen LogP contribution in [0.15, 0.2) is 18.3 Å². The molecule has 4 atom stereocenters. The zero-order valence-electron chi connectivity index (χ0n) is 17.1. The monoisotopic (exact) mass is 425 g/mol. The molecular weight excluding hydrogens is 398 g/mol. The number of thioether (sulfide) groups is 1. The van der Waals surface area contributed by atoms with Crippen LogP contribution in [0.25, 0.3) is 0 Å². The van der Waals surface area contributed by atoms with E-state index in [0.29, 0.717) is 24.4 Å². The van der Waals surface area contributed by atoms with Gasteiger partial charge in [-0.1, -0.05) is 0 Å². The van der Waals surface area contributed by atoms with Gasteiger partial charge in [0.2, 0.25) is 11.8 Å². The summed E-state index contributed by atoms with van der Waals surface area (Å²) in [5.74, 6) is 3.50. The maximum Gasteiger partial charge on any atom is 0.245 e. The van der Waals surface area contributed by atoms with E-state index in [0.717, 1.165) is 56.2 Å². The fourth-order valence-corrected chi connectivity index (χ4v) is 6.70. The molecule has 30 heavy (non-hydrogen) atoms. The summed E-state index contributed by atoms with van der Waals surface area (Å²) >= 11 is 1.89. The Balaban J connectivity index is 1.47. The number of carbonyl (C=O) groups is 2. The lowest BCUT2D eigenvalue weighted by molar-refractivity contribution is -0.161. The summed E-state index contributed by atoms with van der Waals surface area (Å²) in [6, 6.07) is 5.53. The average molecular weight is 426 g/mol. The lowest BCUT2D eigenvalue weighted by atomic mass is 9.71. The van der Waals surface area contributed by atoms with E-state index in [-0.39, 0.29) is 29.8 Å². The average Bonchev–Trinajstić information content (AvgIpc) is 2.80. The topological polar surface area (TPSA) is 80.5 Å². The number of hydrogen-bond donors (Lipinski definition) is 0. The molecule has 1 aromatic heterocycles. The first-order valence-corrected chi connectivity index (χ1v) is 12.1. The normalized spacial score (nSPS) is 31.2. The van der Waals surface area contributed by atoms with Crippen LogP contribution in [0.1, 0.15) is 31.2 Å². The molecule has 0 aliphatic carbocycles. The van der Waals surface area contributed by atoms with Crippen molar-refractivity contribution in [2.24, 2.45) is 11.8 Å². The number of aromatic nitrogens is 1. The number of nitrogens with zero attached hydrogens (tertiary/aromatic N) is 5. The van der Waals surface area contributed by atoms with Gasteiger partial charge in [-0.15, -0.1) is 0 Å². The molecule has 158 valence electrons. The first-order valence-electron chi connectivity index (χ1n) is 10.9. The molecule has 8 heteroatoms. The van der Waals surface area contributed by atoms with Gasteiger partial charge < -0.3 is 14.7 Å². The Morgan fingerprint density at radius 1 is 1.23 bits per heavy atom.